The van der Waals surface area contributed by atoms with Crippen molar-refractivity contribution in [1.29, 1.82) is 0 Å². The highest BCUT2D eigenvalue weighted by Crippen LogP contribution is 2.41. The molecule has 1 aromatic heterocycles. The fraction of sp³-hybridized carbons (Fsp3) is 0.625. The number of nitrogens with zero attached hydrogens (tertiary/aromatic N) is 5. The van der Waals surface area contributed by atoms with Crippen molar-refractivity contribution in [1.82, 2.24) is 10.3 Å². The Labute approximate surface area is 145 Å². The van der Waals surface area contributed by atoms with Gasteiger partial charge in [0.25, 0.3) is 0 Å². The van der Waals surface area contributed by atoms with E-state index in [1.807, 2.05) is 0 Å². The molecule has 2 aromatic rings. The van der Waals surface area contributed by atoms with Crippen LogP contribution in [0.25, 0.3) is 11.0 Å². The van der Waals surface area contributed by atoms with E-state index in [1.165, 1.54) is 0 Å². The largest absolute Gasteiger partial charge is 0.395 e. The third-order valence-electron chi connectivity index (χ3n) is 4.71. The third-order valence-corrected chi connectivity index (χ3v) is 4.71. The summed E-state index contributed by atoms with van der Waals surface area (Å²) < 4.78 is 4.84. The molecule has 0 saturated carbocycles. The quantitative estimate of drug-likeness (QED) is 0.645. The number of nitro groups is 1. The molecule has 1 fully saturated rings. The molecule has 9 nitrogen and oxygen atoms in total. The first kappa shape index (κ1) is 17.4. The summed E-state index contributed by atoms with van der Waals surface area (Å²) in [6, 6.07) is 1.77. The predicted octanol–water partition coefficient (Wildman–Crippen LogP) is 2.04. The molecule has 2 atom stereocenters. The van der Waals surface area contributed by atoms with Crippen LogP contribution in [0.15, 0.2) is 10.7 Å². The topological polar surface area (TPSA) is 109 Å². The van der Waals surface area contributed by atoms with Crippen molar-refractivity contribution in [3.05, 3.63) is 16.2 Å². The fourth-order valence-electron chi connectivity index (χ4n) is 3.74. The number of aliphatic hydroxyl groups is 1. The van der Waals surface area contributed by atoms with Gasteiger partial charge in [-0.1, -0.05) is 13.8 Å². The van der Waals surface area contributed by atoms with E-state index in [-0.39, 0.29) is 24.4 Å². The van der Waals surface area contributed by atoms with Crippen molar-refractivity contribution >= 4 is 28.1 Å². The number of piperidine rings is 1. The van der Waals surface area contributed by atoms with Gasteiger partial charge < -0.3 is 14.9 Å². The molecule has 0 amide bonds. The van der Waals surface area contributed by atoms with E-state index in [1.54, 1.807) is 18.0 Å². The van der Waals surface area contributed by atoms with Gasteiger partial charge in [0.15, 0.2) is 5.52 Å². The Hall–Kier alpha value is -2.42. The average molecular weight is 349 g/mol. The maximum absolute atomic E-state index is 11.6. The lowest BCUT2D eigenvalue weighted by Crippen LogP contribution is -2.39. The van der Waals surface area contributed by atoms with Crippen LogP contribution >= 0.6 is 0 Å². The van der Waals surface area contributed by atoms with Crippen molar-refractivity contribution < 1.29 is 14.7 Å². The molecule has 2 heterocycles. The van der Waals surface area contributed by atoms with Gasteiger partial charge in [-0.2, -0.15) is 0 Å². The number of aromatic nitrogens is 2. The van der Waals surface area contributed by atoms with Gasteiger partial charge in [0.1, 0.15) is 5.69 Å². The molecule has 0 spiro atoms. The molecular formula is C16H23N5O4. The Morgan fingerprint density at radius 1 is 1.36 bits per heavy atom. The van der Waals surface area contributed by atoms with Crippen molar-refractivity contribution in [3.63, 3.8) is 0 Å². The van der Waals surface area contributed by atoms with E-state index in [4.69, 9.17) is 4.63 Å². The van der Waals surface area contributed by atoms with Crippen LogP contribution in [0, 0.1) is 22.0 Å². The first-order valence-corrected chi connectivity index (χ1v) is 8.43. The molecule has 9 heteroatoms. The van der Waals surface area contributed by atoms with Crippen LogP contribution in [-0.4, -0.2) is 53.6 Å². The lowest BCUT2D eigenvalue weighted by molar-refractivity contribution is -0.382. The zero-order valence-electron chi connectivity index (χ0n) is 14.7. The van der Waals surface area contributed by atoms with Gasteiger partial charge in [0, 0.05) is 26.7 Å². The first-order valence-electron chi connectivity index (χ1n) is 8.43. The van der Waals surface area contributed by atoms with Crippen LogP contribution in [0.2, 0.25) is 0 Å². The summed E-state index contributed by atoms with van der Waals surface area (Å²) in [5, 5.41) is 28.6. The van der Waals surface area contributed by atoms with Gasteiger partial charge in [0.05, 0.1) is 17.2 Å². The molecule has 0 aliphatic carbocycles. The van der Waals surface area contributed by atoms with E-state index in [9.17, 15) is 15.2 Å². The molecule has 1 aliphatic heterocycles. The second-order valence-electron chi connectivity index (χ2n) is 6.98. The average Bonchev–Trinajstić information content (AvgIpc) is 3.01. The van der Waals surface area contributed by atoms with Crippen LogP contribution in [0.1, 0.15) is 20.3 Å². The number of benzene rings is 1. The van der Waals surface area contributed by atoms with Crippen molar-refractivity contribution in [2.75, 3.05) is 43.1 Å². The number of hydrogen-bond acceptors (Lipinski definition) is 8. The lowest BCUT2D eigenvalue weighted by atomic mass is 9.91. The molecule has 3 rings (SSSR count). The van der Waals surface area contributed by atoms with Crippen LogP contribution in [-0.2, 0) is 0 Å². The molecule has 0 radical (unpaired) electrons. The minimum absolute atomic E-state index is 0.101. The lowest BCUT2D eigenvalue weighted by Gasteiger charge is -2.36. The first-order chi connectivity index (χ1) is 11.9. The summed E-state index contributed by atoms with van der Waals surface area (Å²) in [6.07, 6.45) is 1.15. The highest BCUT2D eigenvalue weighted by atomic mass is 16.6. The molecule has 1 aromatic carbocycles. The summed E-state index contributed by atoms with van der Waals surface area (Å²) in [7, 11) is 1.71. The van der Waals surface area contributed by atoms with Gasteiger partial charge in [-0.15, -0.1) is 0 Å². The normalized spacial score (nSPS) is 20.9. The maximum Gasteiger partial charge on any atom is 0.323 e. The SMILES string of the molecule is C[C@H]1C[C@H](C)CN(c2cc(N(C)CCO)c([N+](=O)[O-])c3nonc23)C1. The standard InChI is InChI=1S/C16H23N5O4/c1-10-6-11(2)9-20(8-10)12-7-13(19(3)4-5-22)16(21(23)24)15-14(12)17-25-18-15/h7,10-11,22H,4-6,8-9H2,1-3H3/t10-,11-/m0/s1. The Balaban J connectivity index is 2.17. The highest BCUT2D eigenvalue weighted by Gasteiger charge is 2.31. The van der Waals surface area contributed by atoms with E-state index in [0.717, 1.165) is 25.2 Å². The van der Waals surface area contributed by atoms with Crippen molar-refractivity contribution in [2.45, 2.75) is 20.3 Å². The summed E-state index contributed by atoms with van der Waals surface area (Å²) >= 11 is 0. The van der Waals surface area contributed by atoms with Gasteiger partial charge in [-0.05, 0) is 34.6 Å². The van der Waals surface area contributed by atoms with E-state index < -0.39 is 4.92 Å². The molecule has 0 bridgehead atoms. The number of fused-ring (bicyclic) bond motifs is 1. The predicted molar refractivity (Wildman–Crippen MR) is 94.0 cm³/mol. The summed E-state index contributed by atoms with van der Waals surface area (Å²) in [5.41, 5.74) is 1.61. The smallest absolute Gasteiger partial charge is 0.323 e. The maximum atomic E-state index is 11.6. The number of likely N-dealkylation sites (N-methyl/N-ethyl adjacent to an activating group) is 1. The number of nitro benzene ring substituents is 1. The summed E-state index contributed by atoms with van der Waals surface area (Å²) in [6.45, 7) is 6.29. The molecule has 1 aliphatic rings. The van der Waals surface area contributed by atoms with Gasteiger partial charge in [0.2, 0.25) is 5.52 Å². The number of anilines is 2. The number of aliphatic hydroxyl groups excluding tert-OH is 1. The molecule has 136 valence electrons. The Kier molecular flexibility index (Phi) is 4.76. The van der Waals surface area contributed by atoms with Gasteiger partial charge in [-0.25, -0.2) is 4.63 Å². The molecule has 1 N–H and O–H groups in total. The summed E-state index contributed by atoms with van der Waals surface area (Å²) in [5.74, 6) is 1.04. The second kappa shape index (κ2) is 6.83. The van der Waals surface area contributed by atoms with Crippen LogP contribution in [0.4, 0.5) is 17.1 Å². The minimum atomic E-state index is -0.471. The molecule has 25 heavy (non-hydrogen) atoms. The van der Waals surface area contributed by atoms with Gasteiger partial charge in [-0.3, -0.25) is 10.1 Å². The monoisotopic (exact) mass is 349 g/mol. The molecule has 0 unspecified atom stereocenters. The zero-order valence-corrected chi connectivity index (χ0v) is 14.7. The number of rotatable bonds is 5. The van der Waals surface area contributed by atoms with Crippen LogP contribution < -0.4 is 9.80 Å². The molecular weight excluding hydrogens is 326 g/mol. The van der Waals surface area contributed by atoms with Crippen LogP contribution in [0.3, 0.4) is 0 Å². The van der Waals surface area contributed by atoms with E-state index in [2.05, 4.69) is 29.1 Å². The zero-order chi connectivity index (χ0) is 18.1. The van der Waals surface area contributed by atoms with Gasteiger partial charge >= 0.3 is 5.69 Å². The van der Waals surface area contributed by atoms with E-state index >= 15 is 0 Å². The minimum Gasteiger partial charge on any atom is -0.395 e. The third kappa shape index (κ3) is 3.23. The van der Waals surface area contributed by atoms with Crippen LogP contribution in [0.5, 0.6) is 0 Å². The summed E-state index contributed by atoms with van der Waals surface area (Å²) in [4.78, 5) is 15.0. The van der Waals surface area contributed by atoms with Crippen molar-refractivity contribution in [3.8, 4) is 0 Å². The van der Waals surface area contributed by atoms with Crippen molar-refractivity contribution in [2.24, 2.45) is 11.8 Å². The molecule has 1 saturated heterocycles. The Morgan fingerprint density at radius 2 is 2.00 bits per heavy atom. The second-order valence-corrected chi connectivity index (χ2v) is 6.98. The highest BCUT2D eigenvalue weighted by molar-refractivity contribution is 6.00. The Morgan fingerprint density at radius 3 is 2.60 bits per heavy atom. The number of hydrogen-bond donors (Lipinski definition) is 1. The fourth-order valence-corrected chi connectivity index (χ4v) is 3.74. The Bertz CT molecular complexity index is 767. The van der Waals surface area contributed by atoms with E-state index in [0.29, 0.717) is 23.0 Å².